The molecule has 2 N–H and O–H groups in total. The van der Waals surface area contributed by atoms with Gasteiger partial charge in [-0.25, -0.2) is 4.39 Å². The summed E-state index contributed by atoms with van der Waals surface area (Å²) in [5.74, 6) is -0.746. The Labute approximate surface area is 127 Å². The number of anilines is 1. The van der Waals surface area contributed by atoms with Crippen molar-refractivity contribution in [3.05, 3.63) is 59.9 Å². The molecule has 0 aliphatic heterocycles. The van der Waals surface area contributed by atoms with E-state index in [1.54, 1.807) is 23.9 Å². The largest absolute Gasteiger partial charge is 0.388 e. The number of rotatable bonds is 5. The molecule has 0 radical (unpaired) electrons. The summed E-state index contributed by atoms with van der Waals surface area (Å²) in [4.78, 5) is 12.9. The second-order valence-corrected chi connectivity index (χ2v) is 5.43. The summed E-state index contributed by atoms with van der Waals surface area (Å²) in [5, 5.41) is 12.7. The first-order valence-electron chi connectivity index (χ1n) is 6.46. The van der Waals surface area contributed by atoms with Crippen molar-refractivity contribution in [3.8, 4) is 0 Å². The van der Waals surface area contributed by atoms with Gasteiger partial charge in [0.05, 0.1) is 12.5 Å². The number of benzene rings is 2. The van der Waals surface area contributed by atoms with E-state index in [-0.39, 0.29) is 12.3 Å². The zero-order valence-electron chi connectivity index (χ0n) is 11.5. The number of aliphatic hydroxyl groups is 1. The van der Waals surface area contributed by atoms with Gasteiger partial charge in [-0.2, -0.15) is 0 Å². The van der Waals surface area contributed by atoms with Gasteiger partial charge in [-0.15, -0.1) is 11.8 Å². The third-order valence-electron chi connectivity index (χ3n) is 2.97. The Balaban J connectivity index is 1.97. The van der Waals surface area contributed by atoms with E-state index >= 15 is 0 Å². The molecule has 0 saturated carbocycles. The first-order valence-corrected chi connectivity index (χ1v) is 7.68. The number of hydrogen-bond donors (Lipinski definition) is 2. The van der Waals surface area contributed by atoms with Crippen molar-refractivity contribution in [1.82, 2.24) is 0 Å². The zero-order chi connectivity index (χ0) is 15.2. The average Bonchev–Trinajstić information content (AvgIpc) is 2.47. The third-order valence-corrected chi connectivity index (χ3v) is 3.69. The van der Waals surface area contributed by atoms with E-state index < -0.39 is 11.9 Å². The van der Waals surface area contributed by atoms with Crippen LogP contribution in [0.15, 0.2) is 53.4 Å². The SMILES string of the molecule is CSc1cccc(NC(=O)CC(O)c2cccc(F)c2)c1. The fourth-order valence-electron chi connectivity index (χ4n) is 1.92. The molecule has 0 aromatic heterocycles. The molecule has 3 nitrogen and oxygen atoms in total. The Morgan fingerprint density at radius 1 is 1.29 bits per heavy atom. The van der Waals surface area contributed by atoms with Crippen LogP contribution >= 0.6 is 11.8 Å². The molecular formula is C16H16FNO2S. The van der Waals surface area contributed by atoms with E-state index in [0.29, 0.717) is 11.3 Å². The van der Waals surface area contributed by atoms with Gasteiger partial charge in [0.1, 0.15) is 5.82 Å². The van der Waals surface area contributed by atoms with Crippen LogP contribution in [0.5, 0.6) is 0 Å². The summed E-state index contributed by atoms with van der Waals surface area (Å²) in [6, 6.07) is 13.1. The topological polar surface area (TPSA) is 49.3 Å². The molecule has 2 aromatic rings. The van der Waals surface area contributed by atoms with Crippen molar-refractivity contribution in [2.45, 2.75) is 17.4 Å². The highest BCUT2D eigenvalue weighted by Gasteiger charge is 2.13. The van der Waals surface area contributed by atoms with Crippen LogP contribution in [0.4, 0.5) is 10.1 Å². The lowest BCUT2D eigenvalue weighted by atomic mass is 10.1. The van der Waals surface area contributed by atoms with Gasteiger partial charge in [0.15, 0.2) is 0 Å². The van der Waals surface area contributed by atoms with E-state index in [9.17, 15) is 14.3 Å². The maximum atomic E-state index is 13.1. The highest BCUT2D eigenvalue weighted by molar-refractivity contribution is 7.98. The van der Waals surface area contributed by atoms with Crippen LogP contribution in [0.25, 0.3) is 0 Å². The second kappa shape index (κ2) is 7.24. The molecular weight excluding hydrogens is 289 g/mol. The van der Waals surface area contributed by atoms with E-state index in [1.807, 2.05) is 24.5 Å². The van der Waals surface area contributed by atoms with E-state index in [4.69, 9.17) is 0 Å². The van der Waals surface area contributed by atoms with Crippen molar-refractivity contribution in [3.63, 3.8) is 0 Å². The quantitative estimate of drug-likeness (QED) is 0.830. The Bertz CT molecular complexity index is 633. The molecule has 0 heterocycles. The van der Waals surface area contributed by atoms with Crippen molar-refractivity contribution >= 4 is 23.4 Å². The highest BCUT2D eigenvalue weighted by atomic mass is 32.2. The fourth-order valence-corrected chi connectivity index (χ4v) is 2.38. The molecule has 0 fully saturated rings. The lowest BCUT2D eigenvalue weighted by Gasteiger charge is -2.12. The van der Waals surface area contributed by atoms with Crippen molar-refractivity contribution in [2.24, 2.45) is 0 Å². The molecule has 110 valence electrons. The maximum Gasteiger partial charge on any atom is 0.227 e. The molecule has 21 heavy (non-hydrogen) atoms. The number of hydrogen-bond acceptors (Lipinski definition) is 3. The van der Waals surface area contributed by atoms with Gasteiger partial charge in [0.25, 0.3) is 0 Å². The van der Waals surface area contributed by atoms with E-state index in [2.05, 4.69) is 5.32 Å². The number of aliphatic hydroxyl groups excluding tert-OH is 1. The minimum absolute atomic E-state index is 0.118. The Morgan fingerprint density at radius 3 is 2.76 bits per heavy atom. The predicted molar refractivity (Wildman–Crippen MR) is 82.8 cm³/mol. The predicted octanol–water partition coefficient (Wildman–Crippen LogP) is 3.61. The summed E-state index contributed by atoms with van der Waals surface area (Å²) in [5.41, 5.74) is 1.07. The standard InChI is InChI=1S/C16H16FNO2S/c1-21-14-7-3-6-13(9-14)18-16(20)10-15(19)11-4-2-5-12(17)8-11/h2-9,15,19H,10H2,1H3,(H,18,20). The minimum Gasteiger partial charge on any atom is -0.388 e. The van der Waals surface area contributed by atoms with Crippen LogP contribution in [0.1, 0.15) is 18.1 Å². The molecule has 2 rings (SSSR count). The summed E-state index contributed by atoms with van der Waals surface area (Å²) in [6.07, 6.45) is 0.811. The number of thioether (sulfide) groups is 1. The number of halogens is 1. The van der Waals surface area contributed by atoms with Crippen LogP contribution in [0.2, 0.25) is 0 Å². The van der Waals surface area contributed by atoms with E-state index in [0.717, 1.165) is 4.90 Å². The molecule has 0 saturated heterocycles. The normalized spacial score (nSPS) is 12.0. The molecule has 1 atom stereocenters. The summed E-state index contributed by atoms with van der Waals surface area (Å²) in [7, 11) is 0. The van der Waals surface area contributed by atoms with Gasteiger partial charge < -0.3 is 10.4 Å². The molecule has 1 unspecified atom stereocenters. The van der Waals surface area contributed by atoms with Gasteiger partial charge in [0, 0.05) is 10.6 Å². The summed E-state index contributed by atoms with van der Waals surface area (Å²) < 4.78 is 13.1. The lowest BCUT2D eigenvalue weighted by Crippen LogP contribution is -2.15. The second-order valence-electron chi connectivity index (χ2n) is 4.56. The highest BCUT2D eigenvalue weighted by Crippen LogP contribution is 2.21. The third kappa shape index (κ3) is 4.58. The average molecular weight is 305 g/mol. The molecule has 2 aromatic carbocycles. The fraction of sp³-hybridized carbons (Fsp3) is 0.188. The van der Waals surface area contributed by atoms with Gasteiger partial charge in [-0.1, -0.05) is 18.2 Å². The van der Waals surface area contributed by atoms with Crippen molar-refractivity contribution < 1.29 is 14.3 Å². The van der Waals surface area contributed by atoms with Crippen LogP contribution < -0.4 is 5.32 Å². The Morgan fingerprint density at radius 2 is 2.05 bits per heavy atom. The number of carbonyl (C=O) groups excluding carboxylic acids is 1. The Kier molecular flexibility index (Phi) is 5.36. The lowest BCUT2D eigenvalue weighted by molar-refractivity contribution is -0.118. The summed E-state index contributed by atoms with van der Waals surface area (Å²) in [6.45, 7) is 0. The van der Waals surface area contributed by atoms with Crippen LogP contribution in [0.3, 0.4) is 0 Å². The molecule has 0 bridgehead atoms. The molecule has 0 aliphatic carbocycles. The van der Waals surface area contributed by atoms with Crippen molar-refractivity contribution in [2.75, 3.05) is 11.6 Å². The van der Waals surface area contributed by atoms with Crippen molar-refractivity contribution in [1.29, 1.82) is 0 Å². The van der Waals surface area contributed by atoms with E-state index in [1.165, 1.54) is 18.2 Å². The molecule has 5 heteroatoms. The van der Waals surface area contributed by atoms with Gasteiger partial charge >= 0.3 is 0 Å². The van der Waals surface area contributed by atoms with Gasteiger partial charge in [-0.3, -0.25) is 4.79 Å². The van der Waals surface area contributed by atoms with Gasteiger partial charge in [0.2, 0.25) is 5.91 Å². The smallest absolute Gasteiger partial charge is 0.227 e. The molecule has 0 aliphatic rings. The Hall–Kier alpha value is -1.85. The minimum atomic E-state index is -1.02. The van der Waals surface area contributed by atoms with Crippen LogP contribution in [0, 0.1) is 5.82 Å². The first kappa shape index (κ1) is 15.5. The number of nitrogens with one attached hydrogen (secondary N) is 1. The molecule has 1 amide bonds. The molecule has 0 spiro atoms. The monoisotopic (exact) mass is 305 g/mol. The van der Waals surface area contributed by atoms with Gasteiger partial charge in [-0.05, 0) is 42.2 Å². The maximum absolute atomic E-state index is 13.1. The van der Waals surface area contributed by atoms with Crippen LogP contribution in [-0.2, 0) is 4.79 Å². The summed E-state index contributed by atoms with van der Waals surface area (Å²) >= 11 is 1.58. The first-order chi connectivity index (χ1) is 10.1. The van der Waals surface area contributed by atoms with Crippen LogP contribution in [-0.4, -0.2) is 17.3 Å². The number of amides is 1. The number of carbonyl (C=O) groups is 1. The zero-order valence-corrected chi connectivity index (χ0v) is 12.4.